The molecule has 192 valence electrons. The molecule has 0 radical (unpaired) electrons. The Bertz CT molecular complexity index is 1650. The molecule has 5 aromatic rings. The monoisotopic (exact) mass is 514 g/mol. The molecule has 0 amide bonds. The Labute approximate surface area is 217 Å². The third kappa shape index (κ3) is 4.75. The van der Waals surface area contributed by atoms with Crippen LogP contribution in [0.25, 0.3) is 22.3 Å². The average Bonchev–Trinajstić information content (AvgIpc) is 3.26. The minimum atomic E-state index is -4.41. The molecule has 0 saturated carbocycles. The standard InChI is InChI=1S/C30H25F3N4O/c31-30(32,33)23-12-10-21(11-13-23)28-34-26-14-15-36(19-25(26)29(38)35-28)17-22-18-37(16-20-6-2-1-3-7-20)27-9-5-4-8-24(22)27/h1-13,18H,14-17,19H2,(H,34,35,38). The van der Waals surface area contributed by atoms with Crippen molar-refractivity contribution in [1.82, 2.24) is 19.4 Å². The van der Waals surface area contributed by atoms with Crippen LogP contribution in [0.4, 0.5) is 13.2 Å². The van der Waals surface area contributed by atoms with Crippen LogP contribution in [0.5, 0.6) is 0 Å². The van der Waals surface area contributed by atoms with Crippen molar-refractivity contribution in [3.63, 3.8) is 0 Å². The van der Waals surface area contributed by atoms with Crippen LogP contribution in [-0.2, 0) is 32.2 Å². The maximum Gasteiger partial charge on any atom is 0.416 e. The highest BCUT2D eigenvalue weighted by Gasteiger charge is 2.30. The summed E-state index contributed by atoms with van der Waals surface area (Å²) in [6.07, 6.45) is -1.62. The number of alkyl halides is 3. The largest absolute Gasteiger partial charge is 0.416 e. The number of aromatic nitrogens is 3. The third-order valence-corrected chi connectivity index (χ3v) is 7.09. The molecule has 0 spiro atoms. The summed E-state index contributed by atoms with van der Waals surface area (Å²) < 4.78 is 41.0. The molecule has 1 aliphatic heterocycles. The number of H-pyrrole nitrogens is 1. The quantitative estimate of drug-likeness (QED) is 0.312. The van der Waals surface area contributed by atoms with E-state index in [2.05, 4.69) is 49.9 Å². The predicted molar refractivity (Wildman–Crippen MR) is 141 cm³/mol. The van der Waals surface area contributed by atoms with E-state index in [1.54, 1.807) is 0 Å². The summed E-state index contributed by atoms with van der Waals surface area (Å²) >= 11 is 0. The Kier molecular flexibility index (Phi) is 6.12. The van der Waals surface area contributed by atoms with E-state index in [9.17, 15) is 18.0 Å². The SMILES string of the molecule is O=c1[nH]c(-c2ccc(C(F)(F)F)cc2)nc2c1CN(Cc1cn(Cc3ccccc3)c3ccccc13)CC2. The van der Waals surface area contributed by atoms with E-state index in [1.165, 1.54) is 34.2 Å². The summed E-state index contributed by atoms with van der Waals surface area (Å²) in [7, 11) is 0. The summed E-state index contributed by atoms with van der Waals surface area (Å²) in [6.45, 7) is 2.67. The van der Waals surface area contributed by atoms with Crippen molar-refractivity contribution in [3.8, 4) is 11.4 Å². The fourth-order valence-corrected chi connectivity index (χ4v) is 5.17. The summed E-state index contributed by atoms with van der Waals surface area (Å²) in [6, 6.07) is 23.4. The second-order valence-electron chi connectivity index (χ2n) is 9.66. The van der Waals surface area contributed by atoms with Gasteiger partial charge in [0, 0.05) is 55.3 Å². The first kappa shape index (κ1) is 24.2. The lowest BCUT2D eigenvalue weighted by atomic mass is 10.0. The molecule has 1 N–H and O–H groups in total. The highest BCUT2D eigenvalue weighted by molar-refractivity contribution is 5.84. The van der Waals surface area contributed by atoms with Gasteiger partial charge in [-0.1, -0.05) is 60.7 Å². The lowest BCUT2D eigenvalue weighted by Gasteiger charge is -2.27. The molecular formula is C30H25F3N4O. The van der Waals surface area contributed by atoms with Crippen LogP contribution in [-0.4, -0.2) is 26.0 Å². The van der Waals surface area contributed by atoms with Gasteiger partial charge in [-0.05, 0) is 29.3 Å². The summed E-state index contributed by atoms with van der Waals surface area (Å²) in [5, 5.41) is 1.19. The van der Waals surface area contributed by atoms with Crippen LogP contribution in [0, 0.1) is 0 Å². The molecule has 38 heavy (non-hydrogen) atoms. The second kappa shape index (κ2) is 9.61. The molecule has 2 aromatic heterocycles. The first-order valence-electron chi connectivity index (χ1n) is 12.5. The second-order valence-corrected chi connectivity index (χ2v) is 9.66. The lowest BCUT2D eigenvalue weighted by Crippen LogP contribution is -2.35. The highest BCUT2D eigenvalue weighted by atomic mass is 19.4. The van der Waals surface area contributed by atoms with Crippen molar-refractivity contribution in [2.75, 3.05) is 6.54 Å². The summed E-state index contributed by atoms with van der Waals surface area (Å²) in [5.74, 6) is 0.292. The van der Waals surface area contributed by atoms with Gasteiger partial charge in [-0.15, -0.1) is 0 Å². The first-order valence-corrected chi connectivity index (χ1v) is 12.5. The van der Waals surface area contributed by atoms with Crippen molar-refractivity contribution >= 4 is 10.9 Å². The Hall–Kier alpha value is -4.17. The van der Waals surface area contributed by atoms with E-state index >= 15 is 0 Å². The van der Waals surface area contributed by atoms with E-state index in [0.29, 0.717) is 42.2 Å². The minimum Gasteiger partial charge on any atom is -0.343 e. The molecule has 3 aromatic carbocycles. The van der Waals surface area contributed by atoms with Crippen molar-refractivity contribution in [1.29, 1.82) is 0 Å². The number of nitrogens with zero attached hydrogens (tertiary/aromatic N) is 3. The molecule has 3 heterocycles. The molecule has 6 rings (SSSR count). The molecule has 5 nitrogen and oxygen atoms in total. The normalized spacial score (nSPS) is 14.1. The molecule has 8 heteroatoms. The van der Waals surface area contributed by atoms with Gasteiger partial charge in [0.2, 0.25) is 0 Å². The van der Waals surface area contributed by atoms with Crippen LogP contribution < -0.4 is 5.56 Å². The Morgan fingerprint density at radius 3 is 2.39 bits per heavy atom. The van der Waals surface area contributed by atoms with Crippen LogP contribution in [0.1, 0.15) is 27.9 Å². The number of nitrogens with one attached hydrogen (secondary N) is 1. The van der Waals surface area contributed by atoms with Crippen molar-refractivity contribution in [2.45, 2.75) is 32.2 Å². The van der Waals surface area contributed by atoms with Crippen molar-refractivity contribution < 1.29 is 13.2 Å². The Balaban J connectivity index is 1.24. The molecule has 0 bridgehead atoms. The van der Waals surface area contributed by atoms with Gasteiger partial charge in [0.1, 0.15) is 5.82 Å². The third-order valence-electron chi connectivity index (χ3n) is 7.09. The van der Waals surface area contributed by atoms with Crippen molar-refractivity contribution in [2.24, 2.45) is 0 Å². The number of aromatic amines is 1. The number of fused-ring (bicyclic) bond motifs is 2. The topological polar surface area (TPSA) is 53.9 Å². The zero-order chi connectivity index (χ0) is 26.3. The Morgan fingerprint density at radius 2 is 1.63 bits per heavy atom. The number of hydrogen-bond donors (Lipinski definition) is 1. The van der Waals surface area contributed by atoms with Gasteiger partial charge >= 0.3 is 6.18 Å². The Morgan fingerprint density at radius 1 is 0.895 bits per heavy atom. The molecule has 0 saturated heterocycles. The maximum atomic E-state index is 13.0. The molecular weight excluding hydrogens is 489 g/mol. The van der Waals surface area contributed by atoms with E-state index in [-0.39, 0.29) is 5.56 Å². The van der Waals surface area contributed by atoms with E-state index in [4.69, 9.17) is 0 Å². The zero-order valence-electron chi connectivity index (χ0n) is 20.5. The van der Waals surface area contributed by atoms with Crippen molar-refractivity contribution in [3.05, 3.63) is 123 Å². The lowest BCUT2D eigenvalue weighted by molar-refractivity contribution is -0.137. The number of rotatable bonds is 5. The van der Waals surface area contributed by atoms with E-state index in [0.717, 1.165) is 25.2 Å². The fraction of sp³-hybridized carbons (Fsp3) is 0.200. The molecule has 1 aliphatic rings. The van der Waals surface area contributed by atoms with Gasteiger partial charge in [-0.3, -0.25) is 9.69 Å². The van der Waals surface area contributed by atoms with Gasteiger partial charge in [-0.2, -0.15) is 13.2 Å². The van der Waals surface area contributed by atoms with Crippen LogP contribution in [0.15, 0.2) is 89.9 Å². The minimum absolute atomic E-state index is 0.249. The van der Waals surface area contributed by atoms with Crippen LogP contribution in [0.3, 0.4) is 0 Å². The summed E-state index contributed by atoms with van der Waals surface area (Å²) in [5.41, 5.74) is 4.38. The molecule has 0 atom stereocenters. The fourth-order valence-electron chi connectivity index (χ4n) is 5.17. The number of halogens is 3. The molecule has 0 fully saturated rings. The number of benzene rings is 3. The smallest absolute Gasteiger partial charge is 0.343 e. The maximum absolute atomic E-state index is 13.0. The van der Waals surface area contributed by atoms with Gasteiger partial charge < -0.3 is 9.55 Å². The molecule has 0 unspecified atom stereocenters. The average molecular weight is 515 g/mol. The van der Waals surface area contributed by atoms with Gasteiger partial charge in [0.15, 0.2) is 0 Å². The van der Waals surface area contributed by atoms with Gasteiger partial charge in [0.25, 0.3) is 5.56 Å². The predicted octanol–water partition coefficient (Wildman–Crippen LogP) is 6.02. The van der Waals surface area contributed by atoms with E-state index in [1.807, 2.05) is 30.3 Å². The number of hydrogen-bond acceptors (Lipinski definition) is 3. The highest BCUT2D eigenvalue weighted by Crippen LogP contribution is 2.31. The van der Waals surface area contributed by atoms with Gasteiger partial charge in [-0.25, -0.2) is 4.98 Å². The van der Waals surface area contributed by atoms with Crippen LogP contribution in [0.2, 0.25) is 0 Å². The van der Waals surface area contributed by atoms with Gasteiger partial charge in [0.05, 0.1) is 16.8 Å². The zero-order valence-corrected chi connectivity index (χ0v) is 20.5. The van der Waals surface area contributed by atoms with Crippen LogP contribution >= 0.6 is 0 Å². The molecule has 0 aliphatic carbocycles. The first-order chi connectivity index (χ1) is 18.3. The summed E-state index contributed by atoms with van der Waals surface area (Å²) in [4.78, 5) is 22.6. The van der Waals surface area contributed by atoms with E-state index < -0.39 is 11.7 Å². The number of para-hydroxylation sites is 1.